The Labute approximate surface area is 268 Å². The second-order valence-electron chi connectivity index (χ2n) is 12.3. The van der Waals surface area contributed by atoms with E-state index >= 15 is 0 Å². The van der Waals surface area contributed by atoms with E-state index in [0.29, 0.717) is 0 Å². The summed E-state index contributed by atoms with van der Waals surface area (Å²) in [7, 11) is -3.29. The maximum absolute atomic E-state index is 8.79. The summed E-state index contributed by atoms with van der Waals surface area (Å²) in [4.78, 5) is 0. The Bertz CT molecular complexity index is 1730. The van der Waals surface area contributed by atoms with Crippen LogP contribution in [0.3, 0.4) is 0 Å². The molecule has 0 aromatic heterocycles. The lowest BCUT2D eigenvalue weighted by molar-refractivity contribution is 1.38. The van der Waals surface area contributed by atoms with E-state index in [2.05, 4.69) is 169 Å². The third kappa shape index (κ3) is 5.36. The van der Waals surface area contributed by atoms with Gasteiger partial charge in [0.2, 0.25) is 0 Å². The molecule has 0 fully saturated rings. The molecule has 0 aliphatic heterocycles. The summed E-state index contributed by atoms with van der Waals surface area (Å²) in [5, 5.41) is 3.80. The van der Waals surface area contributed by atoms with Crippen molar-refractivity contribution in [3.63, 3.8) is 0 Å². The van der Waals surface area contributed by atoms with E-state index in [0.717, 1.165) is 0 Å². The number of halogens is 1. The smallest absolute Gasteiger partial charge is 0.149 e. The molecule has 0 nitrogen and oxygen atoms in total. The van der Waals surface area contributed by atoms with Crippen molar-refractivity contribution in [3.05, 3.63) is 161 Å². The van der Waals surface area contributed by atoms with Crippen molar-refractivity contribution in [2.24, 2.45) is 0 Å². The van der Waals surface area contributed by atoms with Crippen LogP contribution >= 0.6 is 11.1 Å². The van der Waals surface area contributed by atoms with Crippen LogP contribution in [-0.2, 0) is 0 Å². The van der Waals surface area contributed by atoms with E-state index in [-0.39, 0.29) is 0 Å². The lowest BCUT2D eigenvalue weighted by Crippen LogP contribution is -2.66. The van der Waals surface area contributed by atoms with Crippen LogP contribution in [0.5, 0.6) is 0 Å². The minimum atomic E-state index is -3.29. The second kappa shape index (κ2) is 12.1. The van der Waals surface area contributed by atoms with Crippen LogP contribution in [0.2, 0.25) is 0 Å². The first kappa shape index (κ1) is 29.9. The average molecular weight is 607 g/mol. The molecule has 0 amide bonds. The summed E-state index contributed by atoms with van der Waals surface area (Å²) >= 11 is 8.79. The monoisotopic (exact) mass is 606 g/mol. The molecule has 0 saturated heterocycles. The van der Waals surface area contributed by atoms with Gasteiger partial charge in [-0.15, -0.1) is 11.1 Å². The van der Waals surface area contributed by atoms with Gasteiger partial charge in [-0.05, 0) is 107 Å². The van der Waals surface area contributed by atoms with Gasteiger partial charge >= 0.3 is 0 Å². The lowest BCUT2D eigenvalue weighted by Gasteiger charge is -2.36. The molecule has 0 spiro atoms. The van der Waals surface area contributed by atoms with Crippen molar-refractivity contribution in [1.82, 2.24) is 0 Å². The Kier molecular flexibility index (Phi) is 8.20. The molecular weight excluding hydrogens is 568 g/mol. The highest BCUT2D eigenvalue weighted by atomic mass is 35.6. The summed E-state index contributed by atoms with van der Waals surface area (Å²) < 4.78 is 0. The predicted octanol–water partition coefficient (Wildman–Crippen LogP) is 9.74. The molecule has 6 aromatic rings. The van der Waals surface area contributed by atoms with Crippen LogP contribution in [0.15, 0.2) is 127 Å². The van der Waals surface area contributed by atoms with Crippen LogP contribution in [0, 0.1) is 41.5 Å². The van der Waals surface area contributed by atoms with Crippen molar-refractivity contribution in [1.29, 1.82) is 0 Å². The highest BCUT2D eigenvalue weighted by Gasteiger charge is 2.46. The Hall–Kier alpha value is -4.17. The lowest BCUT2D eigenvalue weighted by atomic mass is 9.99. The van der Waals surface area contributed by atoms with Crippen LogP contribution in [0.1, 0.15) is 33.4 Å². The summed E-state index contributed by atoms with van der Waals surface area (Å²) in [6.45, 7) is 13.4. The fraction of sp³-hybridized carbons (Fsp3) is 0.143. The largest absolute Gasteiger partial charge is 0.250 e. The number of hydrogen-bond acceptors (Lipinski definition) is 0. The third-order valence-corrected chi connectivity index (χ3v) is 14.5. The minimum Gasteiger partial charge on any atom is -0.149 e. The molecule has 44 heavy (non-hydrogen) atoms. The average Bonchev–Trinajstić information content (AvgIpc) is 3.01. The Balaban J connectivity index is 1.86. The number of benzene rings is 6. The number of aryl methyl sites for hydroxylation is 6. The van der Waals surface area contributed by atoms with Gasteiger partial charge in [0, 0.05) is 0 Å². The first-order valence-electron chi connectivity index (χ1n) is 15.4. The van der Waals surface area contributed by atoms with Crippen LogP contribution < -0.4 is 15.6 Å². The molecule has 0 radical (unpaired) electrons. The van der Waals surface area contributed by atoms with Gasteiger partial charge in [-0.25, -0.2) is 0 Å². The standard InChI is InChI=1S/C42H39ClSi/c1-28-22-31(4)40(37(25-28)34-16-10-7-11-17-34)44(43,41-32(5)23-29(2)26-38(41)35-18-12-8-13-19-35)42-33(6)24-30(3)27-39(42)36-20-14-9-15-21-36/h7-27H,1-6H3. The highest BCUT2D eigenvalue weighted by Crippen LogP contribution is 2.34. The maximum atomic E-state index is 8.79. The zero-order chi connectivity index (χ0) is 31.0. The molecule has 6 rings (SSSR count). The molecule has 0 aliphatic rings. The van der Waals surface area contributed by atoms with Crippen molar-refractivity contribution in [2.75, 3.05) is 0 Å². The Morgan fingerprint density at radius 1 is 0.364 bits per heavy atom. The molecule has 2 heteroatoms. The van der Waals surface area contributed by atoms with Gasteiger partial charge in [0.15, 0.2) is 0 Å². The molecule has 0 unspecified atom stereocenters. The van der Waals surface area contributed by atoms with Crippen LogP contribution in [0.4, 0.5) is 0 Å². The normalized spacial score (nSPS) is 11.5. The van der Waals surface area contributed by atoms with E-state index in [1.54, 1.807) is 0 Å². The van der Waals surface area contributed by atoms with E-state index in [1.165, 1.54) is 82.3 Å². The first-order valence-corrected chi connectivity index (χ1v) is 18.4. The van der Waals surface area contributed by atoms with Gasteiger partial charge in [0.1, 0.15) is 0 Å². The Morgan fingerprint density at radius 3 is 0.864 bits per heavy atom. The van der Waals surface area contributed by atoms with E-state index < -0.39 is 7.38 Å². The fourth-order valence-corrected chi connectivity index (χ4v) is 13.8. The van der Waals surface area contributed by atoms with Crippen LogP contribution in [-0.4, -0.2) is 7.38 Å². The van der Waals surface area contributed by atoms with Gasteiger partial charge in [-0.2, -0.15) is 0 Å². The first-order chi connectivity index (χ1) is 21.2. The van der Waals surface area contributed by atoms with Crippen molar-refractivity contribution in [3.8, 4) is 33.4 Å². The third-order valence-electron chi connectivity index (χ3n) is 8.73. The summed E-state index contributed by atoms with van der Waals surface area (Å²) in [5.74, 6) is 0. The molecular formula is C42H39ClSi. The van der Waals surface area contributed by atoms with E-state index in [9.17, 15) is 0 Å². The van der Waals surface area contributed by atoms with Crippen molar-refractivity contribution in [2.45, 2.75) is 41.5 Å². The van der Waals surface area contributed by atoms with Crippen molar-refractivity contribution < 1.29 is 0 Å². The second-order valence-corrected chi connectivity index (χ2v) is 16.8. The zero-order valence-electron chi connectivity index (χ0n) is 26.5. The fourth-order valence-electron chi connectivity index (χ4n) is 7.19. The minimum absolute atomic E-state index is 1.20. The summed E-state index contributed by atoms with van der Waals surface area (Å²) in [5.41, 5.74) is 14.7. The number of rotatable bonds is 6. The molecule has 6 aromatic carbocycles. The maximum Gasteiger partial charge on any atom is 0.250 e. The van der Waals surface area contributed by atoms with Gasteiger partial charge in [0.05, 0.1) is 0 Å². The van der Waals surface area contributed by atoms with Crippen LogP contribution in [0.25, 0.3) is 33.4 Å². The van der Waals surface area contributed by atoms with E-state index in [4.69, 9.17) is 11.1 Å². The topological polar surface area (TPSA) is 0 Å². The van der Waals surface area contributed by atoms with Gasteiger partial charge in [-0.3, -0.25) is 0 Å². The Morgan fingerprint density at radius 2 is 0.614 bits per heavy atom. The zero-order valence-corrected chi connectivity index (χ0v) is 28.3. The summed E-state index contributed by atoms with van der Waals surface area (Å²) in [6, 6.07) is 46.4. The number of hydrogen-bond donors (Lipinski definition) is 0. The molecule has 0 heterocycles. The SMILES string of the molecule is Cc1cc(C)c([Si](Cl)(c2c(C)cc(C)cc2-c2ccccc2)c2c(C)cc(C)cc2-c2ccccc2)c(-c2ccccc2)c1. The molecule has 0 aliphatic carbocycles. The van der Waals surface area contributed by atoms with E-state index in [1.807, 2.05) is 0 Å². The van der Waals surface area contributed by atoms with Gasteiger partial charge in [0.25, 0.3) is 7.38 Å². The molecule has 0 bridgehead atoms. The summed E-state index contributed by atoms with van der Waals surface area (Å²) in [6.07, 6.45) is 0. The molecule has 218 valence electrons. The highest BCUT2D eigenvalue weighted by molar-refractivity contribution is 7.41. The van der Waals surface area contributed by atoms with Crippen molar-refractivity contribution >= 4 is 34.0 Å². The predicted molar refractivity (Wildman–Crippen MR) is 195 cm³/mol. The quantitative estimate of drug-likeness (QED) is 0.101. The van der Waals surface area contributed by atoms with Gasteiger partial charge in [-0.1, -0.05) is 144 Å². The molecule has 0 atom stereocenters. The molecule has 0 saturated carbocycles. The molecule has 0 N–H and O–H groups in total. The van der Waals surface area contributed by atoms with Gasteiger partial charge < -0.3 is 0 Å².